The van der Waals surface area contributed by atoms with Crippen LogP contribution in [0.3, 0.4) is 0 Å². The van der Waals surface area contributed by atoms with Gasteiger partial charge < -0.3 is 9.64 Å². The van der Waals surface area contributed by atoms with E-state index in [1.807, 2.05) is 0 Å². The van der Waals surface area contributed by atoms with Crippen molar-refractivity contribution in [1.82, 2.24) is 4.90 Å². The number of ether oxygens (including phenoxy) is 1. The summed E-state index contributed by atoms with van der Waals surface area (Å²) in [4.78, 5) is 12.9. The van der Waals surface area contributed by atoms with Gasteiger partial charge in [-0.15, -0.1) is 11.8 Å². The highest BCUT2D eigenvalue weighted by atomic mass is 32.2. The Bertz CT molecular complexity index is 184. The molecule has 0 aromatic heterocycles. The highest BCUT2D eigenvalue weighted by molar-refractivity contribution is 8.00. The molecule has 1 heterocycles. The molecule has 1 fully saturated rings. The molecule has 2 atom stereocenters. The lowest BCUT2D eigenvalue weighted by Crippen LogP contribution is -2.25. The Morgan fingerprint density at radius 3 is 2.77 bits per heavy atom. The van der Waals surface area contributed by atoms with E-state index in [1.165, 1.54) is 0 Å². The summed E-state index contributed by atoms with van der Waals surface area (Å²) < 4.78 is 5.41. The summed E-state index contributed by atoms with van der Waals surface area (Å²) in [6.45, 7) is 2.92. The summed E-state index contributed by atoms with van der Waals surface area (Å²) in [5.74, 6) is 0.759. The van der Waals surface area contributed by atoms with E-state index >= 15 is 0 Å². The minimum absolute atomic E-state index is 0.184. The van der Waals surface area contributed by atoms with E-state index in [0.717, 1.165) is 13.0 Å². The van der Waals surface area contributed by atoms with Crippen molar-refractivity contribution in [3.63, 3.8) is 0 Å². The number of hydrogen-bond donors (Lipinski definition) is 0. The molecule has 0 spiro atoms. The van der Waals surface area contributed by atoms with Crippen LogP contribution in [0, 0.1) is 0 Å². The van der Waals surface area contributed by atoms with Crippen LogP contribution in [0.1, 0.15) is 13.3 Å². The minimum atomic E-state index is 0.184. The van der Waals surface area contributed by atoms with Gasteiger partial charge in [0.15, 0.2) is 0 Å². The highest BCUT2D eigenvalue weighted by Gasteiger charge is 2.25. The Morgan fingerprint density at radius 1 is 1.62 bits per heavy atom. The molecule has 1 rings (SSSR count). The van der Waals surface area contributed by atoms with Gasteiger partial charge in [0.1, 0.15) is 0 Å². The second kappa shape index (κ2) is 4.86. The summed E-state index contributed by atoms with van der Waals surface area (Å²) in [7, 11) is 3.58. The minimum Gasteiger partial charge on any atom is -0.377 e. The van der Waals surface area contributed by atoms with Crippen LogP contribution in [0.15, 0.2) is 0 Å². The predicted octanol–water partition coefficient (Wildman–Crippen LogP) is 0.985. The Kier molecular flexibility index (Phi) is 4.06. The van der Waals surface area contributed by atoms with Crippen molar-refractivity contribution in [2.75, 3.05) is 26.5 Å². The number of amides is 1. The van der Waals surface area contributed by atoms with Gasteiger partial charge in [0, 0.05) is 26.0 Å². The van der Waals surface area contributed by atoms with Gasteiger partial charge in [-0.25, -0.2) is 0 Å². The Morgan fingerprint density at radius 2 is 2.31 bits per heavy atom. The van der Waals surface area contributed by atoms with Crippen LogP contribution in [-0.2, 0) is 9.53 Å². The average Bonchev–Trinajstić information content (AvgIpc) is 2.47. The van der Waals surface area contributed by atoms with Gasteiger partial charge in [-0.1, -0.05) is 0 Å². The largest absolute Gasteiger partial charge is 0.377 e. The molecule has 3 nitrogen and oxygen atoms in total. The van der Waals surface area contributed by atoms with E-state index < -0.39 is 0 Å². The van der Waals surface area contributed by atoms with E-state index in [4.69, 9.17) is 4.74 Å². The molecular formula is C9H17NO2S. The summed E-state index contributed by atoms with van der Waals surface area (Å²) in [6.07, 6.45) is 1.38. The lowest BCUT2D eigenvalue weighted by Gasteiger charge is -2.15. The number of carbonyl (C=O) groups is 1. The fourth-order valence-corrected chi connectivity index (χ4v) is 2.47. The third-order valence-corrected chi connectivity index (χ3v) is 3.69. The molecule has 0 bridgehead atoms. The molecule has 13 heavy (non-hydrogen) atoms. The SMILES string of the molecule is CC1OCCC1SCC(=O)N(C)C. The zero-order chi connectivity index (χ0) is 9.84. The average molecular weight is 203 g/mol. The molecule has 76 valence electrons. The first-order chi connectivity index (χ1) is 6.11. The van der Waals surface area contributed by atoms with Crippen LogP contribution in [0.2, 0.25) is 0 Å². The lowest BCUT2D eigenvalue weighted by molar-refractivity contribution is -0.125. The molecule has 0 radical (unpaired) electrons. The van der Waals surface area contributed by atoms with Gasteiger partial charge in [-0.2, -0.15) is 0 Å². The monoisotopic (exact) mass is 203 g/mol. The van der Waals surface area contributed by atoms with Gasteiger partial charge in [0.2, 0.25) is 5.91 Å². The lowest BCUT2D eigenvalue weighted by atomic mass is 10.3. The third kappa shape index (κ3) is 3.19. The molecule has 0 N–H and O–H groups in total. The Balaban J connectivity index is 2.22. The Labute approximate surface area is 83.8 Å². The van der Waals surface area contributed by atoms with Gasteiger partial charge in [0.25, 0.3) is 0 Å². The molecular weight excluding hydrogens is 186 g/mol. The zero-order valence-electron chi connectivity index (χ0n) is 8.45. The zero-order valence-corrected chi connectivity index (χ0v) is 9.26. The van der Waals surface area contributed by atoms with E-state index in [1.54, 1.807) is 30.8 Å². The first-order valence-corrected chi connectivity index (χ1v) is 5.59. The molecule has 0 aromatic rings. The maximum atomic E-state index is 11.3. The van der Waals surface area contributed by atoms with Gasteiger partial charge in [-0.05, 0) is 13.3 Å². The fourth-order valence-electron chi connectivity index (χ4n) is 1.24. The second-order valence-corrected chi connectivity index (χ2v) is 4.73. The van der Waals surface area contributed by atoms with Crippen LogP contribution in [0.4, 0.5) is 0 Å². The van der Waals surface area contributed by atoms with Crippen LogP contribution in [0.25, 0.3) is 0 Å². The van der Waals surface area contributed by atoms with Crippen molar-refractivity contribution in [3.8, 4) is 0 Å². The molecule has 0 aromatic carbocycles. The number of nitrogens with zero attached hydrogens (tertiary/aromatic N) is 1. The highest BCUT2D eigenvalue weighted by Crippen LogP contribution is 2.26. The van der Waals surface area contributed by atoms with E-state index in [-0.39, 0.29) is 5.91 Å². The first kappa shape index (κ1) is 10.9. The normalized spacial score (nSPS) is 27.6. The van der Waals surface area contributed by atoms with Crippen molar-refractivity contribution in [1.29, 1.82) is 0 Å². The summed E-state index contributed by atoms with van der Waals surface area (Å²) in [5, 5.41) is 0.504. The summed E-state index contributed by atoms with van der Waals surface area (Å²) >= 11 is 1.71. The molecule has 1 aliphatic heterocycles. The number of carbonyl (C=O) groups excluding carboxylic acids is 1. The van der Waals surface area contributed by atoms with Gasteiger partial charge >= 0.3 is 0 Å². The first-order valence-electron chi connectivity index (χ1n) is 4.54. The molecule has 0 aliphatic carbocycles. The van der Waals surface area contributed by atoms with E-state index in [0.29, 0.717) is 17.1 Å². The number of thioether (sulfide) groups is 1. The van der Waals surface area contributed by atoms with Crippen molar-refractivity contribution in [3.05, 3.63) is 0 Å². The topological polar surface area (TPSA) is 29.5 Å². The number of hydrogen-bond acceptors (Lipinski definition) is 3. The quantitative estimate of drug-likeness (QED) is 0.685. The predicted molar refractivity (Wildman–Crippen MR) is 55.0 cm³/mol. The number of rotatable bonds is 3. The van der Waals surface area contributed by atoms with E-state index in [9.17, 15) is 4.79 Å². The van der Waals surface area contributed by atoms with Crippen molar-refractivity contribution in [2.24, 2.45) is 0 Å². The molecule has 4 heteroatoms. The van der Waals surface area contributed by atoms with Gasteiger partial charge in [-0.3, -0.25) is 4.79 Å². The van der Waals surface area contributed by atoms with Gasteiger partial charge in [0.05, 0.1) is 11.9 Å². The molecule has 1 aliphatic rings. The molecule has 1 saturated heterocycles. The smallest absolute Gasteiger partial charge is 0.232 e. The van der Waals surface area contributed by atoms with Crippen molar-refractivity contribution >= 4 is 17.7 Å². The van der Waals surface area contributed by atoms with Crippen molar-refractivity contribution in [2.45, 2.75) is 24.7 Å². The fraction of sp³-hybridized carbons (Fsp3) is 0.889. The van der Waals surface area contributed by atoms with Crippen LogP contribution < -0.4 is 0 Å². The van der Waals surface area contributed by atoms with Crippen LogP contribution in [0.5, 0.6) is 0 Å². The van der Waals surface area contributed by atoms with Crippen molar-refractivity contribution < 1.29 is 9.53 Å². The maximum absolute atomic E-state index is 11.3. The molecule has 0 saturated carbocycles. The second-order valence-electron chi connectivity index (χ2n) is 3.50. The molecule has 1 amide bonds. The third-order valence-electron chi connectivity index (χ3n) is 2.23. The molecule has 2 unspecified atom stereocenters. The summed E-state index contributed by atoms with van der Waals surface area (Å²) in [6, 6.07) is 0. The van der Waals surface area contributed by atoms with Crippen LogP contribution in [-0.4, -0.2) is 48.6 Å². The Hall–Kier alpha value is -0.220. The van der Waals surface area contributed by atoms with Crippen LogP contribution >= 0.6 is 11.8 Å². The standard InChI is InChI=1S/C9H17NO2S/c1-7-8(4-5-12-7)13-6-9(11)10(2)3/h7-8H,4-6H2,1-3H3. The maximum Gasteiger partial charge on any atom is 0.232 e. The summed E-state index contributed by atoms with van der Waals surface area (Å²) in [5.41, 5.74) is 0. The van der Waals surface area contributed by atoms with E-state index in [2.05, 4.69) is 6.92 Å².